The lowest BCUT2D eigenvalue weighted by molar-refractivity contribution is -0.137. The second-order valence-corrected chi connectivity index (χ2v) is 4.00. The molecule has 3 N–H and O–H groups in total. The van der Waals surface area contributed by atoms with Crippen molar-refractivity contribution < 1.29 is 14.4 Å². The van der Waals surface area contributed by atoms with Crippen LogP contribution in [0.25, 0.3) is 0 Å². The lowest BCUT2D eigenvalue weighted by Crippen LogP contribution is -2.50. The van der Waals surface area contributed by atoms with E-state index in [-0.39, 0.29) is 11.8 Å². The van der Waals surface area contributed by atoms with E-state index in [1.807, 2.05) is 0 Å². The van der Waals surface area contributed by atoms with Crippen molar-refractivity contribution in [2.45, 2.75) is 38.8 Å². The molecule has 90 valence electrons. The van der Waals surface area contributed by atoms with Gasteiger partial charge in [-0.05, 0) is 19.8 Å². The molecule has 0 aromatic heterocycles. The molecule has 0 unspecified atom stereocenters. The summed E-state index contributed by atoms with van der Waals surface area (Å²) in [7, 11) is 0. The SMILES string of the molecule is CC(=O)N1CCC[C@H]1C(=O)N[C@H](C)C(N)=O. The third-order valence-electron chi connectivity index (χ3n) is 2.75. The van der Waals surface area contributed by atoms with Gasteiger partial charge >= 0.3 is 0 Å². The number of hydrogen-bond donors (Lipinski definition) is 2. The largest absolute Gasteiger partial charge is 0.368 e. The van der Waals surface area contributed by atoms with Crippen LogP contribution in [0.3, 0.4) is 0 Å². The van der Waals surface area contributed by atoms with E-state index in [0.717, 1.165) is 6.42 Å². The summed E-state index contributed by atoms with van der Waals surface area (Å²) in [6, 6.07) is -1.17. The Kier molecular flexibility index (Phi) is 3.87. The third kappa shape index (κ3) is 2.71. The van der Waals surface area contributed by atoms with E-state index in [2.05, 4.69) is 5.32 Å². The van der Waals surface area contributed by atoms with Crippen LogP contribution in [0, 0.1) is 0 Å². The van der Waals surface area contributed by atoms with Crippen molar-refractivity contribution in [3.8, 4) is 0 Å². The Morgan fingerprint density at radius 1 is 1.44 bits per heavy atom. The zero-order chi connectivity index (χ0) is 12.3. The molecule has 1 saturated heterocycles. The highest BCUT2D eigenvalue weighted by molar-refractivity contribution is 5.91. The molecule has 0 radical (unpaired) electrons. The predicted molar refractivity (Wildman–Crippen MR) is 57.2 cm³/mol. The molecule has 3 amide bonds. The topological polar surface area (TPSA) is 92.5 Å². The molecule has 1 fully saturated rings. The quantitative estimate of drug-likeness (QED) is 0.647. The van der Waals surface area contributed by atoms with E-state index in [1.54, 1.807) is 0 Å². The lowest BCUT2D eigenvalue weighted by Gasteiger charge is -2.23. The van der Waals surface area contributed by atoms with Crippen LogP contribution >= 0.6 is 0 Å². The number of primary amides is 1. The highest BCUT2D eigenvalue weighted by Gasteiger charge is 2.33. The fourth-order valence-electron chi connectivity index (χ4n) is 1.80. The first-order valence-electron chi connectivity index (χ1n) is 5.30. The number of hydrogen-bond acceptors (Lipinski definition) is 3. The van der Waals surface area contributed by atoms with Crippen LogP contribution in [-0.4, -0.2) is 41.2 Å². The summed E-state index contributed by atoms with van der Waals surface area (Å²) in [4.78, 5) is 35.3. The van der Waals surface area contributed by atoms with Crippen molar-refractivity contribution in [1.29, 1.82) is 0 Å². The van der Waals surface area contributed by atoms with E-state index in [4.69, 9.17) is 5.73 Å². The number of rotatable bonds is 3. The number of nitrogens with zero attached hydrogens (tertiary/aromatic N) is 1. The Hall–Kier alpha value is -1.59. The summed E-state index contributed by atoms with van der Waals surface area (Å²) in [5, 5.41) is 2.50. The molecule has 0 spiro atoms. The first kappa shape index (κ1) is 12.5. The van der Waals surface area contributed by atoms with Crippen LogP contribution in [0.1, 0.15) is 26.7 Å². The van der Waals surface area contributed by atoms with Gasteiger partial charge in [0.15, 0.2) is 0 Å². The van der Waals surface area contributed by atoms with Gasteiger partial charge in [-0.15, -0.1) is 0 Å². The van der Waals surface area contributed by atoms with E-state index >= 15 is 0 Å². The smallest absolute Gasteiger partial charge is 0.243 e. The molecule has 0 bridgehead atoms. The molecule has 1 rings (SSSR count). The second-order valence-electron chi connectivity index (χ2n) is 4.00. The van der Waals surface area contributed by atoms with Crippen molar-refractivity contribution in [3.63, 3.8) is 0 Å². The van der Waals surface area contributed by atoms with Crippen molar-refractivity contribution >= 4 is 17.7 Å². The van der Waals surface area contributed by atoms with Crippen LogP contribution in [-0.2, 0) is 14.4 Å². The summed E-state index contributed by atoms with van der Waals surface area (Å²) < 4.78 is 0. The molecule has 0 aromatic carbocycles. The average molecular weight is 227 g/mol. The van der Waals surface area contributed by atoms with E-state index in [9.17, 15) is 14.4 Å². The minimum absolute atomic E-state index is 0.121. The Bertz CT molecular complexity index is 316. The predicted octanol–water partition coefficient (Wildman–Crippen LogP) is -1.01. The van der Waals surface area contributed by atoms with E-state index < -0.39 is 18.0 Å². The van der Waals surface area contributed by atoms with Crippen LogP contribution in [0.5, 0.6) is 0 Å². The molecule has 6 heteroatoms. The monoisotopic (exact) mass is 227 g/mol. The Morgan fingerprint density at radius 2 is 2.06 bits per heavy atom. The van der Waals surface area contributed by atoms with Gasteiger partial charge in [-0.2, -0.15) is 0 Å². The van der Waals surface area contributed by atoms with Gasteiger partial charge in [0, 0.05) is 13.5 Å². The zero-order valence-electron chi connectivity index (χ0n) is 9.53. The lowest BCUT2D eigenvalue weighted by atomic mass is 10.2. The third-order valence-corrected chi connectivity index (χ3v) is 2.75. The summed E-state index contributed by atoms with van der Waals surface area (Å²) in [5.41, 5.74) is 5.04. The minimum Gasteiger partial charge on any atom is -0.368 e. The molecule has 0 aliphatic carbocycles. The standard InChI is InChI=1S/C10H17N3O3/c1-6(9(11)15)12-10(16)8-4-3-5-13(8)7(2)14/h6,8H,3-5H2,1-2H3,(H2,11,15)(H,12,16)/t6-,8+/m1/s1. The van der Waals surface area contributed by atoms with Gasteiger partial charge in [-0.1, -0.05) is 0 Å². The number of carbonyl (C=O) groups is 3. The van der Waals surface area contributed by atoms with Crippen molar-refractivity contribution in [2.24, 2.45) is 5.73 Å². The Morgan fingerprint density at radius 3 is 2.56 bits per heavy atom. The normalized spacial score (nSPS) is 21.6. The first-order chi connectivity index (χ1) is 7.43. The van der Waals surface area contributed by atoms with Crippen molar-refractivity contribution in [3.05, 3.63) is 0 Å². The van der Waals surface area contributed by atoms with Crippen LogP contribution in [0.15, 0.2) is 0 Å². The average Bonchev–Trinajstić information content (AvgIpc) is 2.65. The second kappa shape index (κ2) is 4.96. The van der Waals surface area contributed by atoms with Crippen molar-refractivity contribution in [2.75, 3.05) is 6.54 Å². The molecule has 1 aliphatic rings. The highest BCUT2D eigenvalue weighted by Crippen LogP contribution is 2.17. The van der Waals surface area contributed by atoms with E-state index in [0.29, 0.717) is 13.0 Å². The van der Waals surface area contributed by atoms with Crippen LogP contribution < -0.4 is 11.1 Å². The highest BCUT2D eigenvalue weighted by atomic mass is 16.2. The molecule has 0 saturated carbocycles. The molecule has 1 aliphatic heterocycles. The molecule has 6 nitrogen and oxygen atoms in total. The maximum Gasteiger partial charge on any atom is 0.243 e. The van der Waals surface area contributed by atoms with Gasteiger partial charge in [0.1, 0.15) is 12.1 Å². The summed E-state index contributed by atoms with van der Waals surface area (Å²) in [5.74, 6) is -1.01. The Balaban J connectivity index is 2.60. The number of likely N-dealkylation sites (tertiary alicyclic amines) is 1. The van der Waals surface area contributed by atoms with Gasteiger partial charge in [-0.25, -0.2) is 0 Å². The molecule has 0 aromatic rings. The zero-order valence-corrected chi connectivity index (χ0v) is 9.53. The van der Waals surface area contributed by atoms with Crippen LogP contribution in [0.2, 0.25) is 0 Å². The summed E-state index contributed by atoms with van der Waals surface area (Å²) in [6.07, 6.45) is 1.44. The maximum absolute atomic E-state index is 11.8. The number of amides is 3. The molecular weight excluding hydrogens is 210 g/mol. The van der Waals surface area contributed by atoms with Gasteiger partial charge in [0.05, 0.1) is 0 Å². The fraction of sp³-hybridized carbons (Fsp3) is 0.700. The Labute approximate surface area is 94.2 Å². The summed E-state index contributed by atoms with van der Waals surface area (Å²) in [6.45, 7) is 3.55. The van der Waals surface area contributed by atoms with Crippen molar-refractivity contribution in [1.82, 2.24) is 10.2 Å². The summed E-state index contributed by atoms with van der Waals surface area (Å²) >= 11 is 0. The van der Waals surface area contributed by atoms with Gasteiger partial charge < -0.3 is 16.0 Å². The van der Waals surface area contributed by atoms with Gasteiger partial charge in [0.2, 0.25) is 17.7 Å². The molecular formula is C10H17N3O3. The fourth-order valence-corrected chi connectivity index (χ4v) is 1.80. The molecule has 16 heavy (non-hydrogen) atoms. The van der Waals surface area contributed by atoms with Gasteiger partial charge in [0.25, 0.3) is 0 Å². The maximum atomic E-state index is 11.8. The minimum atomic E-state index is -0.707. The van der Waals surface area contributed by atoms with Gasteiger partial charge in [-0.3, -0.25) is 14.4 Å². The van der Waals surface area contributed by atoms with Crippen LogP contribution in [0.4, 0.5) is 0 Å². The number of carbonyl (C=O) groups excluding carboxylic acids is 3. The number of nitrogens with two attached hydrogens (primary N) is 1. The van der Waals surface area contributed by atoms with E-state index in [1.165, 1.54) is 18.7 Å². The molecule has 1 heterocycles. The number of nitrogens with one attached hydrogen (secondary N) is 1. The molecule has 2 atom stereocenters. The first-order valence-corrected chi connectivity index (χ1v) is 5.30.